The molecule has 1 N–H and O–H groups in total. The second kappa shape index (κ2) is 8.20. The number of benzene rings is 2. The lowest BCUT2D eigenvalue weighted by molar-refractivity contribution is -0.00490. The van der Waals surface area contributed by atoms with Crippen molar-refractivity contribution in [3.63, 3.8) is 0 Å². The number of ether oxygens (including phenoxy) is 1. The molecule has 2 heterocycles. The maximum atomic E-state index is 12.7. The van der Waals surface area contributed by atoms with Crippen LogP contribution in [0.25, 0.3) is 11.0 Å². The Morgan fingerprint density at radius 3 is 2.26 bits per heavy atom. The minimum absolute atomic E-state index is 0.375. The lowest BCUT2D eigenvalue weighted by Gasteiger charge is -2.51. The monoisotopic (exact) mass is 484 g/mol. The van der Waals surface area contributed by atoms with Gasteiger partial charge in [-0.1, -0.05) is 23.7 Å². The summed E-state index contributed by atoms with van der Waals surface area (Å²) in [7, 11) is 3.17. The molecule has 9 heteroatoms. The van der Waals surface area contributed by atoms with E-state index in [4.69, 9.17) is 16.3 Å². The Morgan fingerprint density at radius 1 is 1.03 bits per heavy atom. The minimum atomic E-state index is -0.598. The van der Waals surface area contributed by atoms with Gasteiger partial charge in [0.25, 0.3) is 0 Å². The van der Waals surface area contributed by atoms with E-state index in [0.717, 1.165) is 16.8 Å². The third-order valence-electron chi connectivity index (χ3n) is 6.23. The number of rotatable bonds is 3. The molecule has 0 bridgehead atoms. The number of aromatic nitrogens is 2. The van der Waals surface area contributed by atoms with Gasteiger partial charge in [0, 0.05) is 24.8 Å². The van der Waals surface area contributed by atoms with Crippen LogP contribution in [0.15, 0.2) is 46.0 Å². The molecule has 1 aromatic heterocycles. The van der Waals surface area contributed by atoms with Crippen molar-refractivity contribution in [3.05, 3.63) is 73.3 Å². The van der Waals surface area contributed by atoms with Gasteiger partial charge >= 0.3 is 17.2 Å². The summed E-state index contributed by atoms with van der Waals surface area (Å²) in [5.74, 6) is 0. The van der Waals surface area contributed by atoms with Crippen molar-refractivity contribution in [1.29, 1.82) is 0 Å². The van der Waals surface area contributed by atoms with Crippen molar-refractivity contribution in [3.8, 4) is 0 Å². The third-order valence-corrected chi connectivity index (χ3v) is 6.64. The third kappa shape index (κ3) is 4.07. The van der Waals surface area contributed by atoms with Crippen LogP contribution in [0.5, 0.6) is 0 Å². The van der Waals surface area contributed by atoms with Gasteiger partial charge in [-0.05, 0) is 63.1 Å². The Labute approximate surface area is 202 Å². The molecule has 2 aromatic carbocycles. The number of nitrogens with one attached hydrogen (secondary N) is 1. The lowest BCUT2D eigenvalue weighted by atomic mass is 9.80. The van der Waals surface area contributed by atoms with Crippen LogP contribution in [0.4, 0.5) is 10.5 Å². The summed E-state index contributed by atoms with van der Waals surface area (Å²) < 4.78 is 8.26. The first-order chi connectivity index (χ1) is 15.8. The minimum Gasteiger partial charge on any atom is -0.444 e. The van der Waals surface area contributed by atoms with E-state index in [1.54, 1.807) is 25.1 Å². The fraction of sp³-hybridized carbons (Fsp3) is 0.400. The Balaban J connectivity index is 1.75. The Morgan fingerprint density at radius 2 is 1.65 bits per heavy atom. The molecule has 0 saturated carbocycles. The standard InChI is InChI=1S/C25H29ClN4O4/c1-15-17(8-7-9-18(15)26)25(13-30(14-25)23(33)34-24(2,3)4)27-16-10-11-19-20(12-16)29(6)22(32)21(31)28(19)5/h7-12,27H,13-14H2,1-6H3. The Hall–Kier alpha value is -3.26. The fourth-order valence-electron chi connectivity index (χ4n) is 4.44. The number of halogens is 1. The molecule has 0 atom stereocenters. The molecule has 0 unspecified atom stereocenters. The number of hydrogen-bond donors (Lipinski definition) is 1. The smallest absolute Gasteiger partial charge is 0.410 e. The van der Waals surface area contributed by atoms with E-state index in [1.807, 2.05) is 58.0 Å². The van der Waals surface area contributed by atoms with Crippen LogP contribution in [0.2, 0.25) is 5.02 Å². The van der Waals surface area contributed by atoms with E-state index in [1.165, 1.54) is 9.13 Å². The van der Waals surface area contributed by atoms with Gasteiger partial charge < -0.3 is 24.1 Å². The number of aryl methyl sites for hydroxylation is 2. The van der Waals surface area contributed by atoms with E-state index in [9.17, 15) is 14.4 Å². The fourth-order valence-corrected chi connectivity index (χ4v) is 4.61. The van der Waals surface area contributed by atoms with E-state index in [-0.39, 0.29) is 6.09 Å². The van der Waals surface area contributed by atoms with Crippen LogP contribution in [-0.4, -0.2) is 38.8 Å². The highest BCUT2D eigenvalue weighted by Gasteiger charge is 2.48. The number of fused-ring (bicyclic) bond motifs is 1. The molecular formula is C25H29ClN4O4. The summed E-state index contributed by atoms with van der Waals surface area (Å²) >= 11 is 6.44. The summed E-state index contributed by atoms with van der Waals surface area (Å²) in [5, 5.41) is 4.23. The molecule has 0 spiro atoms. The van der Waals surface area contributed by atoms with E-state index in [0.29, 0.717) is 29.1 Å². The molecule has 4 rings (SSSR count). The molecule has 1 aliphatic heterocycles. The topological polar surface area (TPSA) is 85.6 Å². The summed E-state index contributed by atoms with van der Waals surface area (Å²) in [5.41, 5.74) is 1.58. The molecule has 0 aliphatic carbocycles. The summed E-state index contributed by atoms with van der Waals surface area (Å²) in [4.78, 5) is 38.8. The van der Waals surface area contributed by atoms with E-state index < -0.39 is 22.3 Å². The van der Waals surface area contributed by atoms with Gasteiger partial charge in [0.05, 0.1) is 29.7 Å². The Bertz CT molecular complexity index is 1410. The SMILES string of the molecule is Cc1c(Cl)cccc1C1(Nc2ccc3c(c2)n(C)c(=O)c(=O)n3C)CN(C(=O)OC(C)(C)C)C1. The highest BCUT2D eigenvalue weighted by atomic mass is 35.5. The molecule has 1 saturated heterocycles. The normalized spacial score (nSPS) is 15.2. The number of amides is 1. The number of anilines is 1. The van der Waals surface area contributed by atoms with Gasteiger partial charge in [0.1, 0.15) is 5.60 Å². The largest absolute Gasteiger partial charge is 0.444 e. The second-order valence-corrected chi connectivity index (χ2v) is 10.3. The molecule has 34 heavy (non-hydrogen) atoms. The van der Waals surface area contributed by atoms with Gasteiger partial charge in [-0.15, -0.1) is 0 Å². The summed E-state index contributed by atoms with van der Waals surface area (Å²) in [6.07, 6.45) is -0.375. The first-order valence-corrected chi connectivity index (χ1v) is 11.4. The van der Waals surface area contributed by atoms with Gasteiger partial charge in [-0.3, -0.25) is 9.59 Å². The zero-order chi connectivity index (χ0) is 25.0. The number of likely N-dealkylation sites (tertiary alicyclic amines) is 1. The van der Waals surface area contributed by atoms with Crippen molar-refractivity contribution >= 4 is 34.4 Å². The average Bonchev–Trinajstić information content (AvgIpc) is 2.73. The Kier molecular flexibility index (Phi) is 5.76. The van der Waals surface area contributed by atoms with Crippen molar-refractivity contribution in [2.45, 2.75) is 38.8 Å². The van der Waals surface area contributed by atoms with Crippen LogP contribution < -0.4 is 16.4 Å². The van der Waals surface area contributed by atoms with Crippen LogP contribution in [-0.2, 0) is 24.4 Å². The highest BCUT2D eigenvalue weighted by molar-refractivity contribution is 6.31. The molecule has 1 fully saturated rings. The molecule has 1 amide bonds. The molecule has 180 valence electrons. The first kappa shape index (κ1) is 23.9. The van der Waals surface area contributed by atoms with Crippen molar-refractivity contribution < 1.29 is 9.53 Å². The maximum absolute atomic E-state index is 12.7. The van der Waals surface area contributed by atoms with Crippen LogP contribution in [0.3, 0.4) is 0 Å². The van der Waals surface area contributed by atoms with Crippen molar-refractivity contribution in [2.75, 3.05) is 18.4 Å². The molecule has 3 aromatic rings. The quantitative estimate of drug-likeness (QED) is 0.572. The van der Waals surface area contributed by atoms with E-state index >= 15 is 0 Å². The second-order valence-electron chi connectivity index (χ2n) is 9.89. The van der Waals surface area contributed by atoms with Crippen molar-refractivity contribution in [1.82, 2.24) is 14.0 Å². The lowest BCUT2D eigenvalue weighted by Crippen LogP contribution is -2.65. The van der Waals surface area contributed by atoms with E-state index in [2.05, 4.69) is 5.32 Å². The number of carbonyl (C=O) groups excluding carboxylic acids is 1. The zero-order valence-electron chi connectivity index (χ0n) is 20.2. The van der Waals surface area contributed by atoms with Gasteiger partial charge in [0.2, 0.25) is 0 Å². The van der Waals surface area contributed by atoms with Crippen LogP contribution >= 0.6 is 11.6 Å². The zero-order valence-corrected chi connectivity index (χ0v) is 21.0. The van der Waals surface area contributed by atoms with Gasteiger partial charge in [-0.25, -0.2) is 4.79 Å². The predicted molar refractivity (Wildman–Crippen MR) is 134 cm³/mol. The summed E-state index contributed by atoms with van der Waals surface area (Å²) in [6.45, 7) is 8.23. The van der Waals surface area contributed by atoms with Crippen molar-refractivity contribution in [2.24, 2.45) is 14.1 Å². The highest BCUT2D eigenvalue weighted by Crippen LogP contribution is 2.40. The maximum Gasteiger partial charge on any atom is 0.410 e. The van der Waals surface area contributed by atoms with Crippen LogP contribution in [0.1, 0.15) is 31.9 Å². The first-order valence-electron chi connectivity index (χ1n) is 11.0. The molecule has 8 nitrogen and oxygen atoms in total. The van der Waals surface area contributed by atoms with Gasteiger partial charge in [0.15, 0.2) is 0 Å². The molecular weight excluding hydrogens is 456 g/mol. The van der Waals surface area contributed by atoms with Crippen LogP contribution in [0, 0.1) is 6.92 Å². The number of nitrogens with zero attached hydrogens (tertiary/aromatic N) is 3. The number of hydrogen-bond acceptors (Lipinski definition) is 5. The van der Waals surface area contributed by atoms with Gasteiger partial charge in [-0.2, -0.15) is 0 Å². The average molecular weight is 485 g/mol. The molecule has 0 radical (unpaired) electrons. The summed E-state index contributed by atoms with van der Waals surface area (Å²) in [6, 6.07) is 11.2. The molecule has 1 aliphatic rings. The number of carbonyl (C=O) groups is 1. The predicted octanol–water partition coefficient (Wildman–Crippen LogP) is 3.76.